The van der Waals surface area contributed by atoms with Crippen LogP contribution in [0.4, 0.5) is 0 Å². The molecule has 37 heteroatoms. The number of aliphatic hydroxyl groups excluding tert-OH is 1. The quantitative estimate of drug-likeness (QED) is 0.00800. The monoisotopic (exact) mass is 1980 g/mol. The highest BCUT2D eigenvalue weighted by molar-refractivity contribution is 9.09. The van der Waals surface area contributed by atoms with Crippen LogP contribution in [0.15, 0.2) is 119 Å². The van der Waals surface area contributed by atoms with Gasteiger partial charge in [0.2, 0.25) is 16.3 Å². The third kappa shape index (κ3) is 23.8. The van der Waals surface area contributed by atoms with Crippen molar-refractivity contribution in [1.29, 1.82) is 0 Å². The first-order chi connectivity index (χ1) is 65.7. The summed E-state index contributed by atoms with van der Waals surface area (Å²) in [5.74, 6) is -4.74. The molecular weight excluding hydrogens is 1870 g/mol. The van der Waals surface area contributed by atoms with E-state index in [2.05, 4.69) is 26.1 Å². The molecule has 0 bridgehead atoms. The Balaban J connectivity index is 0.000000164. The first-order valence-corrected chi connectivity index (χ1v) is 46.0. The second-order valence-electron chi connectivity index (χ2n) is 33.7. The van der Waals surface area contributed by atoms with Crippen LogP contribution in [-0.4, -0.2) is 248 Å². The Kier molecular flexibility index (Phi) is 35.6. The topological polar surface area (TPSA) is 451 Å². The summed E-state index contributed by atoms with van der Waals surface area (Å²) >= 11 is 3.23. The van der Waals surface area contributed by atoms with Crippen molar-refractivity contribution >= 4 is 113 Å². The van der Waals surface area contributed by atoms with E-state index in [0.29, 0.717) is 119 Å². The maximum atomic E-state index is 14.2. The standard InChI is InChI=1S/C37H43NO11.C28H27BrO9.C26H23NO10.C9H17NO2.ClH/c1-22-15-31-34(33(23(22)2)37(41)45-14-12-38-11-10-25(18-38)49-32-7-5-6-13-44-32)36(40)28(19-46-31)26-9-8-24-16-29(47-20-42-3)30(48-21-43-4)17-27(24)35(26)39;1-15-9-23-25(24(16(15)2)28(32)35-8-7-29)27(31)20(12-36-23)18-6-5-17-10-21(37-13-33-3)22(38-14-34-4)11-19(17)26(18)30;28-13-3-4-27(10-13)5-6-36-26(35)22-21-20(9-19(31)25(22)34)37-11-16(24(21)33)14-2-1-12-7-17(29)18(30)8-15(12)23(14)32;1-2-6-11-9(3-1)12-8-4-5-10-7-8;/h9,15-17,19,25,32H,5-8,10-14,18,20-21H2,1-4H3;6,9-12H,5,7-8,13-14H2,1-4H3;2,7-9,11,13,28-31,34H,1,3-6,10H2;8-10H,1-7H2;1H. The molecule has 8 heterocycles. The zero-order valence-corrected chi connectivity index (χ0v) is 79.6. The van der Waals surface area contributed by atoms with Crippen LogP contribution >= 0.6 is 28.3 Å². The van der Waals surface area contributed by atoms with E-state index in [0.717, 1.165) is 107 Å². The number of aromatic hydroxyl groups is 4. The molecular formula is C100H111BrClN3O32. The lowest BCUT2D eigenvalue weighted by Crippen LogP contribution is -2.31. The van der Waals surface area contributed by atoms with Gasteiger partial charge in [-0.25, -0.2) is 14.4 Å². The van der Waals surface area contributed by atoms with E-state index < -0.39 is 68.9 Å². The Hall–Kier alpha value is -11.7. The number of carbonyl (C=O) groups is 6. The highest BCUT2D eigenvalue weighted by atomic mass is 79.9. The number of phenols is 4. The minimum atomic E-state index is -1.07. The van der Waals surface area contributed by atoms with E-state index in [-0.39, 0.29) is 185 Å². The van der Waals surface area contributed by atoms with Gasteiger partial charge in [0, 0.05) is 132 Å². The zero-order valence-electron chi connectivity index (χ0n) is 77.2. The van der Waals surface area contributed by atoms with Crippen LogP contribution in [0.1, 0.15) is 176 Å². The number of fused-ring (bicyclic) bond motifs is 6. The van der Waals surface area contributed by atoms with Gasteiger partial charge < -0.3 is 115 Å². The molecule has 5 saturated heterocycles. The van der Waals surface area contributed by atoms with Crippen LogP contribution in [0.3, 0.4) is 0 Å². The average molecular weight is 1980 g/mol. The maximum Gasteiger partial charge on any atom is 0.343 e. The Morgan fingerprint density at radius 1 is 0.453 bits per heavy atom. The number of methoxy groups -OCH3 is 4. The van der Waals surface area contributed by atoms with Crippen LogP contribution in [0.5, 0.6) is 46.0 Å². The molecule has 5 fully saturated rings. The summed E-state index contributed by atoms with van der Waals surface area (Å²) in [6.07, 6.45) is 18.5. The number of hydrogen-bond donors (Lipinski definition) is 6. The number of halogens is 2. The minimum Gasteiger partial charge on any atom is -0.504 e. The number of allylic oxidation sites excluding steroid dienone is 6. The van der Waals surface area contributed by atoms with Gasteiger partial charge in [-0.2, -0.15) is 0 Å². The lowest BCUT2D eigenvalue weighted by molar-refractivity contribution is -0.185. The van der Waals surface area contributed by atoms with Gasteiger partial charge in [-0.1, -0.05) is 34.2 Å². The number of alkyl halides is 1. The molecule has 3 aliphatic carbocycles. The van der Waals surface area contributed by atoms with Crippen molar-refractivity contribution in [2.45, 2.75) is 136 Å². The van der Waals surface area contributed by atoms with Gasteiger partial charge in [0.15, 0.2) is 103 Å². The lowest BCUT2D eigenvalue weighted by atomic mass is 9.86. The molecule has 6 aromatic carbocycles. The van der Waals surface area contributed by atoms with Crippen LogP contribution in [-0.2, 0) is 71.4 Å². The van der Waals surface area contributed by atoms with E-state index in [1.807, 2.05) is 18.7 Å². The van der Waals surface area contributed by atoms with E-state index >= 15 is 0 Å². The predicted molar refractivity (Wildman–Crippen MR) is 505 cm³/mol. The number of hydrogen-bond acceptors (Lipinski definition) is 35. The summed E-state index contributed by atoms with van der Waals surface area (Å²) in [5.41, 5.74) is 3.83. The van der Waals surface area contributed by atoms with Gasteiger partial charge in [0.1, 0.15) is 60.9 Å². The molecule has 0 radical (unpaired) electrons. The molecule has 8 aliphatic rings. The molecule has 0 saturated carbocycles. The third-order valence-corrected chi connectivity index (χ3v) is 25.0. The SMILES string of the molecule is C1CCC(OC2CCNC2)OC1.COCOc1cc2c(cc1OCOC)C(=O)C(c1coc3cc(C)c(C)c(C(=O)OCCBr)c3c1=O)=CC2.COCOc1cc2c(cc1OCOC)C(=O)C(c1coc3cc(C)c(C)c(C(=O)OCCN4CCC(OC5CCCCO5)C4)c3c1=O)=CC2.Cl.O=C1C(c2coc3cc(O)c(O)c(C(=O)OCCN4CCC(O)C4)c3c2=O)=CCc2cc(O)c(O)cc21. The van der Waals surface area contributed by atoms with Gasteiger partial charge in [-0.05, 0) is 199 Å². The Morgan fingerprint density at radius 2 is 0.854 bits per heavy atom. The van der Waals surface area contributed by atoms with Gasteiger partial charge in [-0.15, -0.1) is 12.4 Å². The molecule has 3 aromatic heterocycles. The van der Waals surface area contributed by atoms with Crippen LogP contribution in [0, 0.1) is 27.7 Å². The van der Waals surface area contributed by atoms with Crippen molar-refractivity contribution in [3.63, 3.8) is 0 Å². The second-order valence-corrected chi connectivity index (χ2v) is 34.5. The highest BCUT2D eigenvalue weighted by Crippen LogP contribution is 2.43. The number of ether oxygens (including phenoxy) is 15. The number of benzene rings is 6. The molecule has 0 amide bonds. The molecule has 17 rings (SSSR count). The largest absolute Gasteiger partial charge is 0.504 e. The Morgan fingerprint density at radius 3 is 1.28 bits per heavy atom. The number of aliphatic hydroxyl groups is 1. The molecule has 137 heavy (non-hydrogen) atoms. The van der Waals surface area contributed by atoms with E-state index in [9.17, 15) is 68.7 Å². The lowest BCUT2D eigenvalue weighted by Gasteiger charge is -2.26. The third-order valence-electron chi connectivity index (χ3n) is 24.6. The van der Waals surface area contributed by atoms with Crippen molar-refractivity contribution in [2.24, 2.45) is 0 Å². The number of carbonyl (C=O) groups excluding carboxylic acids is 6. The number of rotatable bonds is 30. The van der Waals surface area contributed by atoms with Gasteiger partial charge in [0.25, 0.3) is 0 Å². The summed E-state index contributed by atoms with van der Waals surface area (Å²) < 4.78 is 99.2. The van der Waals surface area contributed by atoms with E-state index in [4.69, 9.17) is 84.3 Å². The molecule has 0 spiro atoms. The summed E-state index contributed by atoms with van der Waals surface area (Å²) in [4.78, 5) is 126. The first kappa shape index (κ1) is 103. The van der Waals surface area contributed by atoms with E-state index in [1.54, 1.807) is 62.4 Å². The van der Waals surface area contributed by atoms with Crippen molar-refractivity contribution < 1.29 is 139 Å². The number of ketones is 3. The number of β-amino-alcohol motifs (C(OH)–C–C–N with tert-alkyl or cyclic N) is 1. The molecule has 6 N–H and O–H groups in total. The number of nitrogens with one attached hydrogen (secondary N) is 1. The number of nitrogens with zero attached hydrogens (tertiary/aromatic N) is 2. The molecule has 5 atom stereocenters. The fourth-order valence-electron chi connectivity index (χ4n) is 17.3. The van der Waals surface area contributed by atoms with Crippen LogP contribution in [0.2, 0.25) is 0 Å². The summed E-state index contributed by atoms with van der Waals surface area (Å²) in [6.45, 7) is 14.5. The smallest absolute Gasteiger partial charge is 0.343 e. The fraction of sp³-hybridized carbons (Fsp3) is 0.430. The van der Waals surface area contributed by atoms with Gasteiger partial charge >= 0.3 is 17.9 Å². The van der Waals surface area contributed by atoms with Crippen molar-refractivity contribution in [2.75, 3.05) is 146 Å². The summed E-state index contributed by atoms with van der Waals surface area (Å²) in [5, 5.41) is 53.3. The number of phenolic OH excluding ortho intramolecular Hbond substituents is 4. The zero-order chi connectivity index (χ0) is 96.5. The number of likely N-dealkylation sites (tertiary alicyclic amines) is 2. The summed E-state index contributed by atoms with van der Waals surface area (Å²) in [7, 11) is 5.96. The molecule has 9 aromatic rings. The van der Waals surface area contributed by atoms with Crippen LogP contribution < -0.4 is 40.6 Å². The number of Topliss-reactive ketones (excluding diaryl/α,β-unsaturated/α-hetero) is 3. The molecule has 732 valence electrons. The predicted octanol–water partition coefficient (Wildman–Crippen LogP) is 12.7. The number of aryl methyl sites for hydroxylation is 2. The summed E-state index contributed by atoms with van der Waals surface area (Å²) in [6, 6.07) is 13.3. The average Bonchev–Trinajstić information content (AvgIpc) is 0.877. The molecule has 5 unspecified atom stereocenters. The van der Waals surface area contributed by atoms with Crippen molar-refractivity contribution in [1.82, 2.24) is 15.1 Å². The fourth-order valence-corrected chi connectivity index (χ4v) is 17.5. The van der Waals surface area contributed by atoms with Crippen LogP contribution in [0.25, 0.3) is 49.6 Å². The maximum absolute atomic E-state index is 14.2. The molecule has 35 nitrogen and oxygen atoms in total. The second kappa shape index (κ2) is 47.6. The number of esters is 3. The molecule has 5 aliphatic heterocycles. The van der Waals surface area contributed by atoms with Crippen molar-refractivity contribution in [3.05, 3.63) is 211 Å². The minimum absolute atomic E-state index is 0. The van der Waals surface area contributed by atoms with Crippen molar-refractivity contribution in [3.8, 4) is 46.0 Å². The van der Waals surface area contributed by atoms with Gasteiger partial charge in [0.05, 0.1) is 62.3 Å². The first-order valence-electron chi connectivity index (χ1n) is 44.9. The normalized spacial score (nSPS) is 18.5. The highest BCUT2D eigenvalue weighted by Gasteiger charge is 2.37. The van der Waals surface area contributed by atoms with E-state index in [1.165, 1.54) is 65.9 Å². The van der Waals surface area contributed by atoms with Gasteiger partial charge in [-0.3, -0.25) is 38.6 Å². The Labute approximate surface area is 801 Å². The Bertz CT molecular complexity index is 6280.